The maximum absolute atomic E-state index is 12.5. The number of halogens is 2. The lowest BCUT2D eigenvalue weighted by atomic mass is 10.1. The van der Waals surface area contributed by atoms with Crippen molar-refractivity contribution < 1.29 is 14.3 Å². The van der Waals surface area contributed by atoms with E-state index in [-0.39, 0.29) is 23.0 Å². The third-order valence-electron chi connectivity index (χ3n) is 3.68. The summed E-state index contributed by atoms with van der Waals surface area (Å²) in [6, 6.07) is 10.1. The first-order chi connectivity index (χ1) is 13.4. The summed E-state index contributed by atoms with van der Waals surface area (Å²) in [5.74, 6) is 2.39. The Bertz CT molecular complexity index is 1020. The molecule has 0 saturated heterocycles. The molecule has 7 heteroatoms. The number of ether oxygens (including phenoxy) is 2. The first kappa shape index (κ1) is 21.2. The number of hydrogen-bond acceptors (Lipinski definition) is 4. The van der Waals surface area contributed by atoms with Gasteiger partial charge in [0.2, 0.25) is 0 Å². The van der Waals surface area contributed by atoms with Gasteiger partial charge in [-0.25, -0.2) is 0 Å². The summed E-state index contributed by atoms with van der Waals surface area (Å²) in [5.41, 5.74) is 1.71. The third kappa shape index (κ3) is 5.20. The van der Waals surface area contributed by atoms with Crippen LogP contribution >= 0.6 is 23.2 Å². The Hall–Kier alpha value is -3.12. The molecule has 2 aromatic carbocycles. The molecular formula is C21H16Cl2N2O3. The molecule has 2 aromatic rings. The smallest absolute Gasteiger partial charge is 0.266 e. The molecule has 5 nitrogen and oxygen atoms in total. The Morgan fingerprint density at radius 1 is 1.32 bits per heavy atom. The van der Waals surface area contributed by atoms with Gasteiger partial charge in [-0.05, 0) is 48.4 Å². The molecule has 0 radical (unpaired) electrons. The fraction of sp³-hybridized carbons (Fsp3) is 0.143. The standard InChI is InChI=1S/C21H16Cl2N2O3/c1-4-7-28-20-17(23)9-14(10-19(20)27-3)8-15(12-24)21(26)25-18-11-16(22)6-5-13(18)2/h1,5-6,8-11H,7H2,2-3H3,(H,25,26)/b15-8+. The van der Waals surface area contributed by atoms with E-state index in [0.29, 0.717) is 22.0 Å². The van der Waals surface area contributed by atoms with Gasteiger partial charge in [0.05, 0.1) is 12.1 Å². The highest BCUT2D eigenvalue weighted by Gasteiger charge is 2.15. The zero-order valence-electron chi connectivity index (χ0n) is 15.2. The van der Waals surface area contributed by atoms with E-state index in [0.717, 1.165) is 5.56 Å². The molecule has 0 aromatic heterocycles. The molecule has 0 aliphatic rings. The lowest BCUT2D eigenvalue weighted by Gasteiger charge is -2.12. The minimum absolute atomic E-state index is 0.0239. The van der Waals surface area contributed by atoms with Gasteiger partial charge in [-0.2, -0.15) is 5.26 Å². The van der Waals surface area contributed by atoms with Gasteiger partial charge >= 0.3 is 0 Å². The van der Waals surface area contributed by atoms with Crippen LogP contribution in [0.15, 0.2) is 35.9 Å². The second kappa shape index (κ2) is 9.71. The molecule has 0 aliphatic carbocycles. The van der Waals surface area contributed by atoms with Crippen LogP contribution in [0.3, 0.4) is 0 Å². The van der Waals surface area contributed by atoms with Gasteiger partial charge in [-0.15, -0.1) is 6.42 Å². The summed E-state index contributed by atoms with van der Waals surface area (Å²) in [5, 5.41) is 12.8. The van der Waals surface area contributed by atoms with Crippen molar-refractivity contribution in [1.82, 2.24) is 0 Å². The predicted molar refractivity (Wildman–Crippen MR) is 111 cm³/mol. The van der Waals surface area contributed by atoms with Gasteiger partial charge in [0.25, 0.3) is 5.91 Å². The van der Waals surface area contributed by atoms with Crippen LogP contribution in [0.2, 0.25) is 10.0 Å². The lowest BCUT2D eigenvalue weighted by Crippen LogP contribution is -2.14. The average molecular weight is 415 g/mol. The molecule has 0 unspecified atom stereocenters. The van der Waals surface area contributed by atoms with Crippen molar-refractivity contribution in [2.75, 3.05) is 19.0 Å². The van der Waals surface area contributed by atoms with E-state index in [1.807, 2.05) is 13.0 Å². The zero-order valence-corrected chi connectivity index (χ0v) is 16.7. The number of benzene rings is 2. The Morgan fingerprint density at radius 2 is 2.07 bits per heavy atom. The third-order valence-corrected chi connectivity index (χ3v) is 4.19. The predicted octanol–water partition coefficient (Wildman–Crippen LogP) is 4.87. The fourth-order valence-electron chi connectivity index (χ4n) is 2.31. The molecule has 0 bridgehead atoms. The normalized spacial score (nSPS) is 10.6. The Kier molecular flexibility index (Phi) is 7.35. The molecule has 1 N–H and O–H groups in total. The van der Waals surface area contributed by atoms with Crippen molar-refractivity contribution in [3.8, 4) is 29.9 Å². The molecule has 0 aliphatic heterocycles. The van der Waals surface area contributed by atoms with Crippen LogP contribution in [0.4, 0.5) is 5.69 Å². The van der Waals surface area contributed by atoms with E-state index in [9.17, 15) is 10.1 Å². The van der Waals surface area contributed by atoms with Crippen molar-refractivity contribution in [2.45, 2.75) is 6.92 Å². The highest BCUT2D eigenvalue weighted by molar-refractivity contribution is 6.32. The SMILES string of the molecule is C#CCOc1c(Cl)cc(/C=C(\C#N)C(=O)Nc2cc(Cl)ccc2C)cc1OC. The van der Waals surface area contributed by atoms with Gasteiger partial charge in [-0.1, -0.05) is 35.2 Å². The number of hydrogen-bond donors (Lipinski definition) is 1. The fourth-order valence-corrected chi connectivity index (χ4v) is 2.76. The zero-order chi connectivity index (χ0) is 20.7. The molecule has 0 spiro atoms. The number of rotatable bonds is 6. The van der Waals surface area contributed by atoms with E-state index in [4.69, 9.17) is 39.1 Å². The van der Waals surface area contributed by atoms with Gasteiger partial charge in [0.15, 0.2) is 11.5 Å². The van der Waals surface area contributed by atoms with E-state index in [2.05, 4.69) is 11.2 Å². The Labute approximate surface area is 173 Å². The second-order valence-corrected chi connectivity index (χ2v) is 6.45. The molecule has 1 amide bonds. The highest BCUT2D eigenvalue weighted by Crippen LogP contribution is 2.37. The minimum Gasteiger partial charge on any atom is -0.493 e. The number of amides is 1. The molecule has 0 saturated carbocycles. The molecule has 2 rings (SSSR count). The number of terminal acetylenes is 1. The molecular weight excluding hydrogens is 399 g/mol. The van der Waals surface area contributed by atoms with Crippen molar-refractivity contribution >= 4 is 40.9 Å². The number of anilines is 1. The van der Waals surface area contributed by atoms with E-state index >= 15 is 0 Å². The Morgan fingerprint density at radius 3 is 2.71 bits per heavy atom. The second-order valence-electron chi connectivity index (χ2n) is 5.61. The van der Waals surface area contributed by atoms with Crippen molar-refractivity contribution in [3.63, 3.8) is 0 Å². The van der Waals surface area contributed by atoms with Crippen LogP contribution in [-0.4, -0.2) is 19.6 Å². The average Bonchev–Trinajstić information content (AvgIpc) is 2.67. The first-order valence-electron chi connectivity index (χ1n) is 8.02. The highest BCUT2D eigenvalue weighted by atomic mass is 35.5. The number of aryl methyl sites for hydroxylation is 1. The number of nitriles is 1. The van der Waals surface area contributed by atoms with Gasteiger partial charge in [-0.3, -0.25) is 4.79 Å². The number of nitrogens with zero attached hydrogens (tertiary/aromatic N) is 1. The van der Waals surface area contributed by atoms with Crippen LogP contribution in [0.25, 0.3) is 6.08 Å². The largest absolute Gasteiger partial charge is 0.493 e. The Balaban J connectivity index is 2.34. The monoisotopic (exact) mass is 414 g/mol. The van der Waals surface area contributed by atoms with Gasteiger partial charge in [0.1, 0.15) is 18.2 Å². The molecule has 0 atom stereocenters. The van der Waals surface area contributed by atoms with E-state index < -0.39 is 5.91 Å². The summed E-state index contributed by atoms with van der Waals surface area (Å²) in [6.45, 7) is 1.84. The summed E-state index contributed by atoms with van der Waals surface area (Å²) in [6.07, 6.45) is 6.59. The summed E-state index contributed by atoms with van der Waals surface area (Å²) in [4.78, 5) is 12.5. The summed E-state index contributed by atoms with van der Waals surface area (Å²) in [7, 11) is 1.45. The van der Waals surface area contributed by atoms with Crippen LogP contribution in [0, 0.1) is 30.6 Å². The van der Waals surface area contributed by atoms with E-state index in [1.54, 1.807) is 30.3 Å². The van der Waals surface area contributed by atoms with Gasteiger partial charge < -0.3 is 14.8 Å². The first-order valence-corrected chi connectivity index (χ1v) is 8.78. The van der Waals surface area contributed by atoms with Crippen molar-refractivity contribution in [1.29, 1.82) is 5.26 Å². The minimum atomic E-state index is -0.574. The molecule has 0 fully saturated rings. The number of methoxy groups -OCH3 is 1. The molecule has 0 heterocycles. The van der Waals surface area contributed by atoms with Crippen LogP contribution in [-0.2, 0) is 4.79 Å². The van der Waals surface area contributed by atoms with Crippen LogP contribution in [0.1, 0.15) is 11.1 Å². The molecule has 28 heavy (non-hydrogen) atoms. The summed E-state index contributed by atoms with van der Waals surface area (Å²) < 4.78 is 10.6. The van der Waals surface area contributed by atoms with Crippen molar-refractivity contribution in [3.05, 3.63) is 57.1 Å². The number of carbonyl (C=O) groups excluding carboxylic acids is 1. The maximum Gasteiger partial charge on any atom is 0.266 e. The number of nitrogens with one attached hydrogen (secondary N) is 1. The lowest BCUT2D eigenvalue weighted by molar-refractivity contribution is -0.112. The maximum atomic E-state index is 12.5. The van der Waals surface area contributed by atoms with Gasteiger partial charge in [0, 0.05) is 10.7 Å². The van der Waals surface area contributed by atoms with Crippen molar-refractivity contribution in [2.24, 2.45) is 0 Å². The van der Waals surface area contributed by atoms with Crippen LogP contribution in [0.5, 0.6) is 11.5 Å². The molecule has 142 valence electrons. The van der Waals surface area contributed by atoms with Crippen LogP contribution < -0.4 is 14.8 Å². The van der Waals surface area contributed by atoms with E-state index in [1.165, 1.54) is 13.2 Å². The quantitative estimate of drug-likeness (QED) is 0.415. The summed E-state index contributed by atoms with van der Waals surface area (Å²) >= 11 is 12.2. The topological polar surface area (TPSA) is 71.3 Å². The number of carbonyl (C=O) groups is 1.